The number of carbonyl (C=O) groups excluding carboxylic acids is 1. The number of amides is 1. The third-order valence-corrected chi connectivity index (χ3v) is 6.95. The maximum atomic E-state index is 12.7. The molecule has 0 radical (unpaired) electrons. The molecule has 0 aliphatic carbocycles. The zero-order valence-electron chi connectivity index (χ0n) is 15.8. The number of benzene rings is 2. The van der Waals surface area contributed by atoms with Crippen LogP contribution in [0.2, 0.25) is 0 Å². The summed E-state index contributed by atoms with van der Waals surface area (Å²) in [5.74, 6) is -0.214. The van der Waals surface area contributed by atoms with Gasteiger partial charge in [0.25, 0.3) is 0 Å². The average Bonchev–Trinajstić information content (AvgIpc) is 2.73. The molecule has 28 heavy (non-hydrogen) atoms. The quantitative estimate of drug-likeness (QED) is 0.840. The van der Waals surface area contributed by atoms with E-state index >= 15 is 0 Å². The summed E-state index contributed by atoms with van der Waals surface area (Å²) in [6.45, 7) is 3.11. The molecule has 0 atom stereocenters. The molecule has 7 heteroatoms. The number of nitriles is 1. The van der Waals surface area contributed by atoms with E-state index in [1.807, 2.05) is 37.3 Å². The summed E-state index contributed by atoms with van der Waals surface area (Å²) >= 11 is 0. The van der Waals surface area contributed by atoms with Crippen molar-refractivity contribution in [2.24, 2.45) is 5.92 Å². The number of aryl methyl sites for hydroxylation is 1. The molecule has 2 aromatic rings. The van der Waals surface area contributed by atoms with Gasteiger partial charge in [0, 0.05) is 25.6 Å². The zero-order chi connectivity index (χ0) is 20.1. The van der Waals surface area contributed by atoms with Crippen molar-refractivity contribution in [1.29, 1.82) is 5.26 Å². The first-order chi connectivity index (χ1) is 13.4. The van der Waals surface area contributed by atoms with Gasteiger partial charge in [-0.05, 0) is 49.6 Å². The van der Waals surface area contributed by atoms with Gasteiger partial charge in [0.15, 0.2) is 0 Å². The molecular weight excluding hydrogens is 374 g/mol. The van der Waals surface area contributed by atoms with Gasteiger partial charge in [-0.3, -0.25) is 4.79 Å². The molecule has 1 fully saturated rings. The molecule has 1 saturated heterocycles. The van der Waals surface area contributed by atoms with Crippen LogP contribution in [0.4, 0.5) is 0 Å². The van der Waals surface area contributed by atoms with Crippen LogP contribution in [0.3, 0.4) is 0 Å². The van der Waals surface area contributed by atoms with E-state index in [0.29, 0.717) is 38.0 Å². The highest BCUT2D eigenvalue weighted by molar-refractivity contribution is 7.89. The van der Waals surface area contributed by atoms with Crippen LogP contribution in [0.5, 0.6) is 0 Å². The monoisotopic (exact) mass is 397 g/mol. The Morgan fingerprint density at radius 3 is 2.29 bits per heavy atom. The summed E-state index contributed by atoms with van der Waals surface area (Å²) in [5, 5.41) is 11.8. The molecule has 1 aliphatic rings. The lowest BCUT2D eigenvalue weighted by molar-refractivity contribution is -0.126. The molecular formula is C21H23N3O3S. The fourth-order valence-corrected chi connectivity index (χ4v) is 4.72. The Kier molecular flexibility index (Phi) is 6.12. The number of nitrogens with one attached hydrogen (secondary N) is 1. The van der Waals surface area contributed by atoms with Gasteiger partial charge in [-0.1, -0.05) is 29.8 Å². The molecule has 3 rings (SSSR count). The van der Waals surface area contributed by atoms with E-state index in [-0.39, 0.29) is 16.7 Å². The topological polar surface area (TPSA) is 90.3 Å². The molecule has 1 heterocycles. The lowest BCUT2D eigenvalue weighted by Crippen LogP contribution is -2.42. The van der Waals surface area contributed by atoms with Gasteiger partial charge in [0.1, 0.15) is 0 Å². The van der Waals surface area contributed by atoms with Crippen molar-refractivity contribution < 1.29 is 13.2 Å². The lowest BCUT2D eigenvalue weighted by atomic mass is 9.97. The summed E-state index contributed by atoms with van der Waals surface area (Å²) in [4.78, 5) is 12.6. The van der Waals surface area contributed by atoms with Crippen LogP contribution in [0, 0.1) is 24.2 Å². The van der Waals surface area contributed by atoms with Gasteiger partial charge in [-0.2, -0.15) is 9.57 Å². The average molecular weight is 398 g/mol. The Morgan fingerprint density at radius 1 is 1.11 bits per heavy atom. The highest BCUT2D eigenvalue weighted by Gasteiger charge is 2.31. The lowest BCUT2D eigenvalue weighted by Gasteiger charge is -2.30. The van der Waals surface area contributed by atoms with Crippen molar-refractivity contribution in [1.82, 2.24) is 9.62 Å². The Hall–Kier alpha value is -2.69. The molecule has 1 aliphatic heterocycles. The molecule has 2 aromatic carbocycles. The summed E-state index contributed by atoms with van der Waals surface area (Å²) < 4.78 is 26.9. The Labute approximate surface area is 165 Å². The van der Waals surface area contributed by atoms with Crippen molar-refractivity contribution in [3.63, 3.8) is 0 Å². The standard InChI is InChI=1S/C21H23N3O3S/c1-16-2-4-18(5-3-16)15-23-21(25)19-10-12-24(13-11-19)28(26,27)20-8-6-17(14-22)7-9-20/h2-9,19H,10-13,15H2,1H3,(H,23,25). The van der Waals surface area contributed by atoms with Gasteiger partial charge < -0.3 is 5.32 Å². The fourth-order valence-electron chi connectivity index (χ4n) is 3.25. The fraction of sp³-hybridized carbons (Fsp3) is 0.333. The minimum atomic E-state index is -3.60. The molecule has 0 saturated carbocycles. The minimum absolute atomic E-state index is 0.0315. The molecule has 1 amide bonds. The molecule has 0 aromatic heterocycles. The predicted molar refractivity (Wildman–Crippen MR) is 106 cm³/mol. The predicted octanol–water partition coefficient (Wildman–Crippen LogP) is 2.58. The molecule has 146 valence electrons. The molecule has 0 bridgehead atoms. The third kappa shape index (κ3) is 4.58. The number of carbonyl (C=O) groups is 1. The van der Waals surface area contributed by atoms with E-state index in [2.05, 4.69) is 5.32 Å². The van der Waals surface area contributed by atoms with Crippen molar-refractivity contribution in [3.8, 4) is 6.07 Å². The summed E-state index contributed by atoms with van der Waals surface area (Å²) in [6.07, 6.45) is 0.991. The Balaban J connectivity index is 1.55. The summed E-state index contributed by atoms with van der Waals surface area (Å²) in [5.41, 5.74) is 2.63. The smallest absolute Gasteiger partial charge is 0.243 e. The van der Waals surface area contributed by atoms with E-state index < -0.39 is 10.0 Å². The maximum absolute atomic E-state index is 12.7. The van der Waals surface area contributed by atoms with E-state index in [9.17, 15) is 13.2 Å². The third-order valence-electron chi connectivity index (χ3n) is 5.03. The van der Waals surface area contributed by atoms with E-state index in [0.717, 1.165) is 5.56 Å². The second-order valence-electron chi connectivity index (χ2n) is 7.02. The van der Waals surface area contributed by atoms with Gasteiger partial charge in [0.05, 0.1) is 16.5 Å². The van der Waals surface area contributed by atoms with Crippen molar-refractivity contribution in [2.45, 2.75) is 31.2 Å². The van der Waals surface area contributed by atoms with Crippen LogP contribution in [0.15, 0.2) is 53.4 Å². The van der Waals surface area contributed by atoms with Gasteiger partial charge >= 0.3 is 0 Å². The van der Waals surface area contributed by atoms with E-state index in [4.69, 9.17) is 5.26 Å². The molecule has 1 N–H and O–H groups in total. The number of hydrogen-bond acceptors (Lipinski definition) is 4. The second kappa shape index (κ2) is 8.55. The van der Waals surface area contributed by atoms with E-state index in [1.54, 1.807) is 0 Å². The second-order valence-corrected chi connectivity index (χ2v) is 8.96. The van der Waals surface area contributed by atoms with Gasteiger partial charge in [0.2, 0.25) is 15.9 Å². The Morgan fingerprint density at radius 2 is 1.71 bits per heavy atom. The van der Waals surface area contributed by atoms with Crippen LogP contribution in [-0.4, -0.2) is 31.7 Å². The van der Waals surface area contributed by atoms with Gasteiger partial charge in [-0.15, -0.1) is 0 Å². The normalized spacial score (nSPS) is 15.7. The number of sulfonamides is 1. The van der Waals surface area contributed by atoms with Crippen LogP contribution in [0.25, 0.3) is 0 Å². The first kappa shape index (κ1) is 20.1. The highest BCUT2D eigenvalue weighted by atomic mass is 32.2. The summed E-state index contributed by atoms with van der Waals surface area (Å²) in [7, 11) is -3.60. The minimum Gasteiger partial charge on any atom is -0.352 e. The van der Waals surface area contributed by atoms with Gasteiger partial charge in [-0.25, -0.2) is 8.42 Å². The maximum Gasteiger partial charge on any atom is 0.243 e. The number of nitrogens with zero attached hydrogens (tertiary/aromatic N) is 2. The van der Waals surface area contributed by atoms with Crippen LogP contribution < -0.4 is 5.32 Å². The van der Waals surface area contributed by atoms with Crippen molar-refractivity contribution in [3.05, 3.63) is 65.2 Å². The van der Waals surface area contributed by atoms with Crippen molar-refractivity contribution >= 4 is 15.9 Å². The zero-order valence-corrected chi connectivity index (χ0v) is 16.6. The largest absolute Gasteiger partial charge is 0.352 e. The molecule has 0 unspecified atom stereocenters. The first-order valence-electron chi connectivity index (χ1n) is 9.24. The number of hydrogen-bond donors (Lipinski definition) is 1. The number of piperidine rings is 1. The van der Waals surface area contributed by atoms with E-state index in [1.165, 1.54) is 34.1 Å². The number of rotatable bonds is 5. The molecule has 0 spiro atoms. The van der Waals surface area contributed by atoms with Crippen molar-refractivity contribution in [2.75, 3.05) is 13.1 Å². The van der Waals surface area contributed by atoms with Crippen LogP contribution in [0.1, 0.15) is 29.5 Å². The van der Waals surface area contributed by atoms with Crippen LogP contribution >= 0.6 is 0 Å². The Bertz CT molecular complexity index is 969. The SMILES string of the molecule is Cc1ccc(CNC(=O)C2CCN(S(=O)(=O)c3ccc(C#N)cc3)CC2)cc1. The van der Waals surface area contributed by atoms with Crippen LogP contribution in [-0.2, 0) is 21.4 Å². The first-order valence-corrected chi connectivity index (χ1v) is 10.7. The highest BCUT2D eigenvalue weighted by Crippen LogP contribution is 2.24. The molecule has 6 nitrogen and oxygen atoms in total. The summed E-state index contributed by atoms with van der Waals surface area (Å²) in [6, 6.07) is 15.9.